The van der Waals surface area contributed by atoms with E-state index < -0.39 is 0 Å². The molecular formula is C16H15BrN4OS. The van der Waals surface area contributed by atoms with Gasteiger partial charge in [0.25, 0.3) is 0 Å². The summed E-state index contributed by atoms with van der Waals surface area (Å²) in [6, 6.07) is 6.04. The molecule has 0 saturated heterocycles. The quantitative estimate of drug-likeness (QED) is 0.657. The van der Waals surface area contributed by atoms with Crippen molar-refractivity contribution in [1.82, 2.24) is 20.0 Å². The third-order valence-corrected chi connectivity index (χ3v) is 5.40. The Bertz CT molecular complexity index is 871. The second-order valence-electron chi connectivity index (χ2n) is 5.73. The van der Waals surface area contributed by atoms with Crippen LogP contribution in [0.2, 0.25) is 0 Å². The average molecular weight is 391 g/mol. The Morgan fingerprint density at radius 2 is 2.22 bits per heavy atom. The first-order valence-electron chi connectivity index (χ1n) is 7.47. The summed E-state index contributed by atoms with van der Waals surface area (Å²) in [5.74, 6) is 1.23. The van der Waals surface area contributed by atoms with Crippen molar-refractivity contribution < 1.29 is 4.74 Å². The lowest BCUT2D eigenvalue weighted by molar-refractivity contribution is 0.327. The molecule has 1 aliphatic heterocycles. The summed E-state index contributed by atoms with van der Waals surface area (Å²) < 4.78 is 8.72. The molecule has 0 spiro atoms. The Hall–Kier alpha value is -1.73. The highest BCUT2D eigenvalue weighted by Crippen LogP contribution is 2.40. The van der Waals surface area contributed by atoms with Crippen molar-refractivity contribution in [3.05, 3.63) is 39.4 Å². The number of nitrogens with zero attached hydrogens (tertiary/aromatic N) is 4. The van der Waals surface area contributed by atoms with E-state index in [0.717, 1.165) is 38.7 Å². The summed E-state index contributed by atoms with van der Waals surface area (Å²) >= 11 is 5.20. The van der Waals surface area contributed by atoms with Crippen molar-refractivity contribution in [2.75, 3.05) is 6.61 Å². The first-order valence-corrected chi connectivity index (χ1v) is 9.08. The molecule has 0 atom stereocenters. The van der Waals surface area contributed by atoms with Crippen molar-refractivity contribution in [2.45, 2.75) is 26.2 Å². The maximum absolute atomic E-state index is 5.85. The van der Waals surface area contributed by atoms with Gasteiger partial charge in [-0.2, -0.15) is 4.68 Å². The van der Waals surface area contributed by atoms with Crippen LogP contribution >= 0.6 is 27.3 Å². The zero-order valence-electron chi connectivity index (χ0n) is 12.8. The van der Waals surface area contributed by atoms with Gasteiger partial charge in [-0.15, -0.1) is 5.10 Å². The van der Waals surface area contributed by atoms with Gasteiger partial charge in [-0.3, -0.25) is 0 Å². The second-order valence-corrected chi connectivity index (χ2v) is 7.71. The molecule has 0 bridgehead atoms. The molecule has 0 fully saturated rings. The summed E-state index contributed by atoms with van der Waals surface area (Å²) in [5.41, 5.74) is 3.09. The topological polar surface area (TPSA) is 52.8 Å². The summed E-state index contributed by atoms with van der Waals surface area (Å²) in [7, 11) is 0. The van der Waals surface area contributed by atoms with Crippen LogP contribution in [0.5, 0.6) is 5.75 Å². The van der Waals surface area contributed by atoms with Crippen molar-refractivity contribution in [2.24, 2.45) is 0 Å². The average Bonchev–Trinajstić information content (AvgIpc) is 3.12. The zero-order chi connectivity index (χ0) is 16.0. The third kappa shape index (κ3) is 2.57. The van der Waals surface area contributed by atoms with Crippen LogP contribution in [0.15, 0.2) is 28.9 Å². The standard InChI is InChI=1S/C16H15BrN4OS/c1-9(2)12-8-18-20-21(12)16-19-15-11-7-10(17)3-4-13(11)22-6-5-14(15)23-16/h3-4,7-9H,5-6H2,1-2H3. The van der Waals surface area contributed by atoms with Gasteiger partial charge in [0.15, 0.2) is 0 Å². The molecule has 0 aliphatic carbocycles. The van der Waals surface area contributed by atoms with Gasteiger partial charge in [-0.25, -0.2) is 4.98 Å². The minimum atomic E-state index is 0.346. The highest BCUT2D eigenvalue weighted by molar-refractivity contribution is 9.10. The van der Waals surface area contributed by atoms with E-state index >= 15 is 0 Å². The molecule has 0 saturated carbocycles. The summed E-state index contributed by atoms with van der Waals surface area (Å²) in [4.78, 5) is 6.08. The molecule has 5 nitrogen and oxygen atoms in total. The Morgan fingerprint density at radius 3 is 3.04 bits per heavy atom. The molecule has 0 unspecified atom stereocenters. The lowest BCUT2D eigenvalue weighted by Gasteiger charge is -2.07. The highest BCUT2D eigenvalue weighted by Gasteiger charge is 2.22. The fourth-order valence-electron chi connectivity index (χ4n) is 2.66. The molecule has 1 aromatic carbocycles. The SMILES string of the molecule is CC(C)c1cnnn1-c1nc2c(s1)CCOc1ccc(Br)cc1-2. The molecule has 1 aliphatic rings. The minimum Gasteiger partial charge on any atom is -0.493 e. The smallest absolute Gasteiger partial charge is 0.212 e. The first kappa shape index (κ1) is 14.8. The largest absolute Gasteiger partial charge is 0.493 e. The van der Waals surface area contributed by atoms with E-state index in [2.05, 4.69) is 46.2 Å². The third-order valence-electron chi connectivity index (χ3n) is 3.82. The molecule has 0 radical (unpaired) electrons. The van der Waals surface area contributed by atoms with Crippen LogP contribution in [0.1, 0.15) is 30.3 Å². The molecule has 2 aromatic heterocycles. The van der Waals surface area contributed by atoms with Crippen LogP contribution in [0.25, 0.3) is 16.4 Å². The fraction of sp³-hybridized carbons (Fsp3) is 0.312. The number of thiazole rings is 1. The zero-order valence-corrected chi connectivity index (χ0v) is 15.2. The van der Waals surface area contributed by atoms with E-state index in [9.17, 15) is 0 Å². The van der Waals surface area contributed by atoms with Crippen LogP contribution in [0, 0.1) is 0 Å². The minimum absolute atomic E-state index is 0.346. The van der Waals surface area contributed by atoms with Gasteiger partial charge in [0, 0.05) is 21.3 Å². The van der Waals surface area contributed by atoms with Crippen molar-refractivity contribution in [3.8, 4) is 22.1 Å². The molecular weight excluding hydrogens is 376 g/mol. The van der Waals surface area contributed by atoms with Gasteiger partial charge in [-0.05, 0) is 24.1 Å². The Balaban J connectivity index is 1.87. The van der Waals surface area contributed by atoms with Crippen molar-refractivity contribution in [3.63, 3.8) is 0 Å². The first-order chi connectivity index (χ1) is 11.1. The van der Waals surface area contributed by atoms with E-state index in [1.165, 1.54) is 4.88 Å². The number of benzene rings is 1. The number of ether oxygens (including phenoxy) is 1. The fourth-order valence-corrected chi connectivity index (χ4v) is 4.05. The molecule has 0 amide bonds. The lowest BCUT2D eigenvalue weighted by atomic mass is 10.1. The van der Waals surface area contributed by atoms with E-state index in [0.29, 0.717) is 12.5 Å². The molecule has 118 valence electrons. The van der Waals surface area contributed by atoms with Gasteiger partial charge in [-0.1, -0.05) is 46.3 Å². The number of rotatable bonds is 2. The molecule has 23 heavy (non-hydrogen) atoms. The summed E-state index contributed by atoms with van der Waals surface area (Å²) in [6.07, 6.45) is 2.66. The van der Waals surface area contributed by atoms with E-state index in [1.807, 2.05) is 23.0 Å². The second kappa shape index (κ2) is 5.72. The highest BCUT2D eigenvalue weighted by atomic mass is 79.9. The number of hydrogen-bond acceptors (Lipinski definition) is 5. The molecule has 4 rings (SSSR count). The van der Waals surface area contributed by atoms with E-state index in [1.54, 1.807) is 11.3 Å². The predicted octanol–water partition coefficient (Wildman–Crippen LogP) is 4.21. The monoisotopic (exact) mass is 390 g/mol. The number of halogens is 1. The van der Waals surface area contributed by atoms with Gasteiger partial charge in [0.1, 0.15) is 5.75 Å². The lowest BCUT2D eigenvalue weighted by Crippen LogP contribution is -2.03. The number of hydrogen-bond donors (Lipinski definition) is 0. The van der Waals surface area contributed by atoms with E-state index in [4.69, 9.17) is 9.72 Å². The number of aromatic nitrogens is 4. The maximum Gasteiger partial charge on any atom is 0.212 e. The molecule has 0 N–H and O–H groups in total. The molecule has 3 aromatic rings. The molecule has 7 heteroatoms. The van der Waals surface area contributed by atoms with Gasteiger partial charge >= 0.3 is 0 Å². The molecule has 3 heterocycles. The van der Waals surface area contributed by atoms with Gasteiger partial charge in [0.05, 0.1) is 24.2 Å². The van der Waals surface area contributed by atoms with Gasteiger partial charge < -0.3 is 4.74 Å². The van der Waals surface area contributed by atoms with Crippen LogP contribution in [-0.4, -0.2) is 26.6 Å². The Kier molecular flexibility index (Phi) is 3.69. The van der Waals surface area contributed by atoms with Crippen LogP contribution in [0.4, 0.5) is 0 Å². The Morgan fingerprint density at radius 1 is 1.35 bits per heavy atom. The predicted molar refractivity (Wildman–Crippen MR) is 93.5 cm³/mol. The van der Waals surface area contributed by atoms with Crippen LogP contribution < -0.4 is 4.74 Å². The van der Waals surface area contributed by atoms with Crippen molar-refractivity contribution >= 4 is 27.3 Å². The normalized spacial score (nSPS) is 13.4. The summed E-state index contributed by atoms with van der Waals surface area (Å²) in [6.45, 7) is 4.93. The van der Waals surface area contributed by atoms with E-state index in [-0.39, 0.29) is 0 Å². The number of fused-ring (bicyclic) bond motifs is 3. The van der Waals surface area contributed by atoms with Crippen LogP contribution in [0.3, 0.4) is 0 Å². The van der Waals surface area contributed by atoms with Crippen LogP contribution in [-0.2, 0) is 6.42 Å². The van der Waals surface area contributed by atoms with Gasteiger partial charge in [0.2, 0.25) is 5.13 Å². The Labute approximate surface area is 146 Å². The summed E-state index contributed by atoms with van der Waals surface area (Å²) in [5, 5.41) is 9.14. The van der Waals surface area contributed by atoms with Crippen molar-refractivity contribution in [1.29, 1.82) is 0 Å². The maximum atomic E-state index is 5.85.